The van der Waals surface area contributed by atoms with E-state index in [0.717, 1.165) is 51.0 Å². The van der Waals surface area contributed by atoms with Gasteiger partial charge < -0.3 is 19.9 Å². The summed E-state index contributed by atoms with van der Waals surface area (Å²) in [5.74, 6) is 2.29. The van der Waals surface area contributed by atoms with Gasteiger partial charge in [0.05, 0.1) is 0 Å². The standard InChI is InChI=1S/C21H35N5O2/c1-18(2)16-22-21(23-17-20(27)24(3)4)26-12-10-25(11-13-26)14-15-28-19-8-6-5-7-9-19/h5-9,18H,10-17H2,1-4H3,(H,22,23). The Bertz CT molecular complexity index is 610. The molecule has 1 aliphatic heterocycles. The topological polar surface area (TPSA) is 60.4 Å². The van der Waals surface area contributed by atoms with Crippen LogP contribution < -0.4 is 10.1 Å². The van der Waals surface area contributed by atoms with Crippen LogP contribution in [0.3, 0.4) is 0 Å². The number of amides is 1. The third-order valence-corrected chi connectivity index (χ3v) is 4.62. The Morgan fingerprint density at radius 2 is 1.86 bits per heavy atom. The van der Waals surface area contributed by atoms with E-state index >= 15 is 0 Å². The normalized spacial score (nSPS) is 15.6. The molecule has 1 heterocycles. The van der Waals surface area contributed by atoms with Crippen LogP contribution in [-0.2, 0) is 4.79 Å². The Kier molecular flexibility index (Phi) is 9.07. The molecule has 1 fully saturated rings. The second-order valence-electron chi connectivity index (χ2n) is 7.69. The Morgan fingerprint density at radius 1 is 1.18 bits per heavy atom. The van der Waals surface area contributed by atoms with Crippen molar-refractivity contribution in [2.75, 3.05) is 66.5 Å². The van der Waals surface area contributed by atoms with Gasteiger partial charge in [-0.15, -0.1) is 0 Å². The number of hydrogen-bond donors (Lipinski definition) is 1. The molecule has 0 bridgehead atoms. The van der Waals surface area contributed by atoms with Crippen LogP contribution in [0.5, 0.6) is 5.75 Å². The minimum absolute atomic E-state index is 0.0144. The summed E-state index contributed by atoms with van der Waals surface area (Å²) in [6.07, 6.45) is 0. The zero-order valence-electron chi connectivity index (χ0n) is 17.7. The maximum absolute atomic E-state index is 11.9. The summed E-state index contributed by atoms with van der Waals surface area (Å²) in [6, 6.07) is 9.93. The minimum Gasteiger partial charge on any atom is -0.492 e. The minimum atomic E-state index is 0.0144. The molecule has 1 aromatic carbocycles. The molecule has 1 aliphatic rings. The first-order valence-electron chi connectivity index (χ1n) is 10.1. The zero-order valence-corrected chi connectivity index (χ0v) is 17.7. The first kappa shape index (κ1) is 22.0. The number of piperazine rings is 1. The van der Waals surface area contributed by atoms with Gasteiger partial charge in [0, 0.05) is 53.4 Å². The van der Waals surface area contributed by atoms with Gasteiger partial charge in [0.15, 0.2) is 5.96 Å². The molecule has 0 saturated carbocycles. The summed E-state index contributed by atoms with van der Waals surface area (Å²) >= 11 is 0. The smallest absolute Gasteiger partial charge is 0.243 e. The molecule has 1 N–H and O–H groups in total. The third-order valence-electron chi connectivity index (χ3n) is 4.62. The molecule has 1 saturated heterocycles. The van der Waals surface area contributed by atoms with E-state index < -0.39 is 0 Å². The number of hydrogen-bond acceptors (Lipinski definition) is 4. The molecule has 7 heteroatoms. The molecule has 1 aromatic rings. The van der Waals surface area contributed by atoms with Crippen LogP contribution in [0.15, 0.2) is 35.3 Å². The fourth-order valence-corrected chi connectivity index (χ4v) is 2.84. The predicted octanol–water partition coefficient (Wildman–Crippen LogP) is 1.37. The maximum atomic E-state index is 11.9. The highest BCUT2D eigenvalue weighted by Gasteiger charge is 2.20. The van der Waals surface area contributed by atoms with E-state index in [2.05, 4.69) is 34.0 Å². The second kappa shape index (κ2) is 11.5. The van der Waals surface area contributed by atoms with Gasteiger partial charge >= 0.3 is 0 Å². The van der Waals surface area contributed by atoms with Crippen molar-refractivity contribution < 1.29 is 9.53 Å². The van der Waals surface area contributed by atoms with Crippen molar-refractivity contribution in [2.45, 2.75) is 13.8 Å². The number of benzene rings is 1. The second-order valence-corrected chi connectivity index (χ2v) is 7.69. The van der Waals surface area contributed by atoms with Gasteiger partial charge in [0.25, 0.3) is 0 Å². The molecule has 2 rings (SSSR count). The first-order chi connectivity index (χ1) is 13.5. The molecule has 7 nitrogen and oxygen atoms in total. The van der Waals surface area contributed by atoms with Gasteiger partial charge in [0.2, 0.25) is 5.91 Å². The lowest BCUT2D eigenvalue weighted by atomic mass is 10.2. The summed E-state index contributed by atoms with van der Waals surface area (Å²) < 4.78 is 5.80. The van der Waals surface area contributed by atoms with Gasteiger partial charge in [-0.25, -0.2) is 4.99 Å². The number of carbonyl (C=O) groups is 1. The van der Waals surface area contributed by atoms with Crippen LogP contribution in [0.4, 0.5) is 0 Å². The number of guanidine groups is 1. The average molecular weight is 390 g/mol. The van der Waals surface area contributed by atoms with Crippen molar-refractivity contribution in [3.8, 4) is 5.75 Å². The number of likely N-dealkylation sites (N-methyl/N-ethyl adjacent to an activating group) is 1. The molecule has 0 aromatic heterocycles. The van der Waals surface area contributed by atoms with E-state index in [1.165, 1.54) is 0 Å². The fraction of sp³-hybridized carbons (Fsp3) is 0.619. The molecule has 0 radical (unpaired) electrons. The van der Waals surface area contributed by atoms with Crippen molar-refractivity contribution in [2.24, 2.45) is 10.9 Å². The number of nitrogens with zero attached hydrogens (tertiary/aromatic N) is 4. The molecular weight excluding hydrogens is 354 g/mol. The Morgan fingerprint density at radius 3 is 2.46 bits per heavy atom. The molecule has 0 atom stereocenters. The lowest BCUT2D eigenvalue weighted by Gasteiger charge is -2.36. The summed E-state index contributed by atoms with van der Waals surface area (Å²) in [5, 5.41) is 3.42. The van der Waals surface area contributed by atoms with Gasteiger partial charge in [-0.2, -0.15) is 0 Å². The highest BCUT2D eigenvalue weighted by atomic mass is 16.5. The molecular formula is C21H35N5O2. The molecule has 156 valence electrons. The molecule has 0 aliphatic carbocycles. The van der Waals surface area contributed by atoms with E-state index in [1.54, 1.807) is 19.0 Å². The maximum Gasteiger partial charge on any atom is 0.243 e. The highest BCUT2D eigenvalue weighted by Crippen LogP contribution is 2.09. The lowest BCUT2D eigenvalue weighted by Crippen LogP contribution is -2.53. The summed E-state index contributed by atoms with van der Waals surface area (Å²) in [5.41, 5.74) is 0. The fourth-order valence-electron chi connectivity index (χ4n) is 2.84. The van der Waals surface area contributed by atoms with Gasteiger partial charge in [-0.05, 0) is 18.1 Å². The van der Waals surface area contributed by atoms with Gasteiger partial charge in [-0.3, -0.25) is 9.69 Å². The Hall–Kier alpha value is -2.28. The number of nitrogens with one attached hydrogen (secondary N) is 1. The first-order valence-corrected chi connectivity index (χ1v) is 10.1. The van der Waals surface area contributed by atoms with E-state index in [9.17, 15) is 4.79 Å². The Labute approximate surface area is 169 Å². The summed E-state index contributed by atoms with van der Waals surface area (Å²) in [6.45, 7) is 10.7. The summed E-state index contributed by atoms with van der Waals surface area (Å²) in [4.78, 5) is 22.7. The van der Waals surface area contributed by atoms with Crippen LogP contribution in [0.2, 0.25) is 0 Å². The number of aliphatic imine (C=N–C) groups is 1. The largest absolute Gasteiger partial charge is 0.492 e. The summed E-state index contributed by atoms with van der Waals surface area (Å²) in [7, 11) is 3.52. The van der Waals surface area contributed by atoms with Crippen molar-refractivity contribution in [3.63, 3.8) is 0 Å². The van der Waals surface area contributed by atoms with Crippen molar-refractivity contribution in [1.29, 1.82) is 0 Å². The quantitative estimate of drug-likeness (QED) is 0.538. The van der Waals surface area contributed by atoms with Crippen LogP contribution in [0.1, 0.15) is 13.8 Å². The number of para-hydroxylation sites is 1. The Balaban J connectivity index is 1.80. The zero-order chi connectivity index (χ0) is 20.4. The average Bonchev–Trinajstić information content (AvgIpc) is 2.69. The van der Waals surface area contributed by atoms with E-state index in [4.69, 9.17) is 4.74 Å². The van der Waals surface area contributed by atoms with Crippen LogP contribution in [0, 0.1) is 5.92 Å². The van der Waals surface area contributed by atoms with Crippen LogP contribution in [0.25, 0.3) is 0 Å². The molecule has 1 amide bonds. The molecule has 0 unspecified atom stereocenters. The molecule has 0 spiro atoms. The van der Waals surface area contributed by atoms with E-state index in [1.807, 2.05) is 30.3 Å². The van der Waals surface area contributed by atoms with E-state index in [-0.39, 0.29) is 12.5 Å². The van der Waals surface area contributed by atoms with Crippen molar-refractivity contribution >= 4 is 11.9 Å². The SMILES string of the molecule is CC(C)CNC(=NCC(=O)N(C)C)N1CCN(CCOc2ccccc2)CC1. The predicted molar refractivity (Wildman–Crippen MR) is 114 cm³/mol. The van der Waals surface area contributed by atoms with Gasteiger partial charge in [0.1, 0.15) is 18.9 Å². The number of rotatable bonds is 8. The van der Waals surface area contributed by atoms with Crippen molar-refractivity contribution in [1.82, 2.24) is 20.0 Å². The number of ether oxygens (including phenoxy) is 1. The number of carbonyl (C=O) groups excluding carboxylic acids is 1. The van der Waals surface area contributed by atoms with Gasteiger partial charge in [-0.1, -0.05) is 32.0 Å². The lowest BCUT2D eigenvalue weighted by molar-refractivity contribution is -0.127. The van der Waals surface area contributed by atoms with Crippen molar-refractivity contribution in [3.05, 3.63) is 30.3 Å². The van der Waals surface area contributed by atoms with Crippen LogP contribution in [-0.4, -0.2) is 93.1 Å². The van der Waals surface area contributed by atoms with E-state index in [0.29, 0.717) is 12.5 Å². The third kappa shape index (κ3) is 7.76. The molecule has 28 heavy (non-hydrogen) atoms. The monoisotopic (exact) mass is 389 g/mol. The highest BCUT2D eigenvalue weighted by molar-refractivity contribution is 5.84. The van der Waals surface area contributed by atoms with Crippen LogP contribution >= 0.6 is 0 Å².